The fourth-order valence-electron chi connectivity index (χ4n) is 4.42. The van der Waals surface area contributed by atoms with Crippen LogP contribution in [0.3, 0.4) is 0 Å². The van der Waals surface area contributed by atoms with E-state index in [1.54, 1.807) is 37.3 Å². The lowest BCUT2D eigenvalue weighted by Gasteiger charge is -2.25. The normalized spacial score (nSPS) is 24.7. The zero-order valence-electron chi connectivity index (χ0n) is 22.7. The third-order valence-corrected chi connectivity index (χ3v) is 9.74. The van der Waals surface area contributed by atoms with Gasteiger partial charge in [-0.05, 0) is 60.0 Å². The predicted octanol–water partition coefficient (Wildman–Crippen LogP) is 3.79. The molecule has 1 aliphatic rings. The van der Waals surface area contributed by atoms with E-state index in [-0.39, 0.29) is 47.4 Å². The summed E-state index contributed by atoms with van der Waals surface area (Å²) in [4.78, 5) is 27.4. The first kappa shape index (κ1) is 31.0. The Morgan fingerprint density at radius 2 is 1.98 bits per heavy atom. The average Bonchev–Trinajstić information content (AvgIpc) is 3.40. The second kappa shape index (κ2) is 12.1. The molecule has 0 spiro atoms. The number of aliphatic hydroxyl groups excluding tert-OH is 1. The number of aromatic nitrogens is 3. The van der Waals surface area contributed by atoms with Crippen LogP contribution in [0, 0.1) is 5.92 Å². The Labute approximate surface area is 244 Å². The number of ether oxygens (including phenoxy) is 1. The summed E-state index contributed by atoms with van der Waals surface area (Å²) in [6.45, 7) is 3.88. The molecule has 0 saturated carbocycles. The number of Topliss-reactive ketones (excluding diaryl/α,β-unsaturated/α-hetero) is 2. The average molecular weight is 656 g/mol. The van der Waals surface area contributed by atoms with E-state index in [0.29, 0.717) is 17.5 Å². The van der Waals surface area contributed by atoms with Crippen LogP contribution < -0.4 is 16.0 Å². The number of hydrogen-bond donors (Lipinski definition) is 3. The van der Waals surface area contributed by atoms with Crippen LogP contribution in [0.5, 0.6) is 5.75 Å². The number of nitrogen functional groups attached to an aromatic ring is 2. The van der Waals surface area contributed by atoms with E-state index in [1.807, 2.05) is 0 Å². The zero-order valence-corrected chi connectivity index (χ0v) is 25.2. The maximum atomic E-state index is 15.9. The van der Waals surface area contributed by atoms with E-state index in [0.717, 1.165) is 0 Å². The SMILES string of the molecule is CC(=O)CCc1ccccc1OP(=O)(C[C@@H](C)C(C)=O)OC[C@H]1O[C@@H](c2ccc3c(N)nc(N)nn23)[C@@](F)(Br)C1O. The number of halogens is 2. The zero-order chi connectivity index (χ0) is 30.1. The van der Waals surface area contributed by atoms with Crippen LogP contribution in [-0.4, -0.2) is 60.8 Å². The van der Waals surface area contributed by atoms with E-state index in [1.165, 1.54) is 24.4 Å². The summed E-state index contributed by atoms with van der Waals surface area (Å²) in [5.74, 6) is -0.791. The van der Waals surface area contributed by atoms with Gasteiger partial charge in [-0.2, -0.15) is 4.98 Å². The number of aryl methyl sites for hydroxylation is 1. The number of nitrogens with two attached hydrogens (primary N) is 2. The Morgan fingerprint density at radius 1 is 1.27 bits per heavy atom. The summed E-state index contributed by atoms with van der Waals surface area (Å²) >= 11 is 2.94. The molecule has 4 rings (SSSR count). The Bertz CT molecular complexity index is 1500. The summed E-state index contributed by atoms with van der Waals surface area (Å²) in [6, 6.07) is 9.82. The van der Waals surface area contributed by atoms with Crippen molar-refractivity contribution in [2.24, 2.45) is 5.92 Å². The van der Waals surface area contributed by atoms with Gasteiger partial charge in [0.25, 0.3) is 0 Å². The van der Waals surface area contributed by atoms with Crippen molar-refractivity contribution in [2.75, 3.05) is 24.2 Å². The van der Waals surface area contributed by atoms with Gasteiger partial charge < -0.3 is 30.6 Å². The predicted molar refractivity (Wildman–Crippen MR) is 153 cm³/mol. The van der Waals surface area contributed by atoms with E-state index in [2.05, 4.69) is 26.0 Å². The van der Waals surface area contributed by atoms with E-state index in [9.17, 15) is 19.3 Å². The number of carbonyl (C=O) groups is 2. The molecule has 41 heavy (non-hydrogen) atoms. The number of para-hydroxylation sites is 1. The van der Waals surface area contributed by atoms with Gasteiger partial charge in [0.05, 0.1) is 18.5 Å². The third-order valence-electron chi connectivity index (χ3n) is 6.84. The van der Waals surface area contributed by atoms with E-state index >= 15 is 4.39 Å². The lowest BCUT2D eigenvalue weighted by atomic mass is 10.1. The fraction of sp³-hybridized carbons (Fsp3) is 0.462. The van der Waals surface area contributed by atoms with Crippen molar-refractivity contribution in [2.45, 2.75) is 56.5 Å². The molecule has 0 radical (unpaired) electrons. The van der Waals surface area contributed by atoms with Crippen LogP contribution in [0.15, 0.2) is 36.4 Å². The number of carbonyl (C=O) groups excluding carboxylic acids is 2. The lowest BCUT2D eigenvalue weighted by Crippen LogP contribution is -2.37. The smallest absolute Gasteiger partial charge is 0.380 e. The number of ketones is 2. The standard InChI is InChI=1S/C26H32BrFN5O7P/c1-14(16(3)35)13-41(37,40-20-7-5-4-6-17(20)9-8-15(2)34)38-12-21-22(36)26(27,28)23(39-21)18-10-11-19-24(29)31-25(30)32-33(18)19/h4-7,10-11,14,21-23,36H,8-9,12-13H2,1-3H3,(H4,29,30,31,32)/t14-,21-,22?,23+,26-,41?/m1/s1. The molecule has 6 atom stereocenters. The summed E-state index contributed by atoms with van der Waals surface area (Å²) in [6.07, 6.45) is -4.15. The van der Waals surface area contributed by atoms with Crippen LogP contribution in [-0.2, 0) is 29.8 Å². The van der Waals surface area contributed by atoms with Gasteiger partial charge >= 0.3 is 7.60 Å². The first-order valence-electron chi connectivity index (χ1n) is 12.8. The summed E-state index contributed by atoms with van der Waals surface area (Å²) in [5.41, 5.74) is 12.8. The molecule has 0 aliphatic carbocycles. The highest BCUT2D eigenvalue weighted by Gasteiger charge is 2.57. The van der Waals surface area contributed by atoms with Crippen LogP contribution in [0.1, 0.15) is 44.6 Å². The van der Waals surface area contributed by atoms with Gasteiger partial charge in [-0.25, -0.2) is 13.5 Å². The Hall–Kier alpha value is -2.90. The van der Waals surface area contributed by atoms with Crippen LogP contribution in [0.2, 0.25) is 0 Å². The molecule has 1 aliphatic heterocycles. The molecule has 1 saturated heterocycles. The minimum Gasteiger partial charge on any atom is -0.424 e. The maximum Gasteiger partial charge on any atom is 0.380 e. The molecule has 1 fully saturated rings. The molecule has 3 heterocycles. The topological polar surface area (TPSA) is 181 Å². The maximum absolute atomic E-state index is 15.9. The van der Waals surface area contributed by atoms with Crippen molar-refractivity contribution in [3.05, 3.63) is 47.7 Å². The van der Waals surface area contributed by atoms with E-state index in [4.69, 9.17) is 25.3 Å². The van der Waals surface area contributed by atoms with Crippen molar-refractivity contribution in [3.8, 4) is 5.75 Å². The van der Waals surface area contributed by atoms with Crippen LogP contribution in [0.4, 0.5) is 16.2 Å². The first-order chi connectivity index (χ1) is 19.2. The highest BCUT2D eigenvalue weighted by Crippen LogP contribution is 2.53. The highest BCUT2D eigenvalue weighted by molar-refractivity contribution is 9.10. The van der Waals surface area contributed by atoms with Crippen molar-refractivity contribution >= 4 is 52.4 Å². The number of nitrogens with zero attached hydrogens (tertiary/aromatic N) is 3. The molecule has 12 nitrogen and oxygen atoms in total. The molecule has 15 heteroatoms. The van der Waals surface area contributed by atoms with Gasteiger partial charge in [0, 0.05) is 12.3 Å². The molecule has 0 amide bonds. The molecule has 222 valence electrons. The molecule has 2 aromatic heterocycles. The number of fused-ring (bicyclic) bond motifs is 1. The largest absolute Gasteiger partial charge is 0.424 e. The molecule has 1 aromatic carbocycles. The quantitative estimate of drug-likeness (QED) is 0.191. The molecule has 3 aromatic rings. The van der Waals surface area contributed by atoms with Gasteiger partial charge in [0.1, 0.15) is 41.1 Å². The van der Waals surface area contributed by atoms with Crippen molar-refractivity contribution in [3.63, 3.8) is 0 Å². The number of aliphatic hydroxyl groups is 1. The van der Waals surface area contributed by atoms with Gasteiger partial charge in [-0.3, -0.25) is 9.32 Å². The molecular formula is C26H32BrFN5O7P. The molecule has 0 bridgehead atoms. The van der Waals surface area contributed by atoms with Gasteiger partial charge in [0.15, 0.2) is 5.82 Å². The Morgan fingerprint density at radius 3 is 2.66 bits per heavy atom. The molecule has 5 N–H and O–H groups in total. The summed E-state index contributed by atoms with van der Waals surface area (Å²) in [7, 11) is -4.07. The Kier molecular flexibility index (Phi) is 9.19. The van der Waals surface area contributed by atoms with Gasteiger partial charge in [0.2, 0.25) is 10.5 Å². The monoisotopic (exact) mass is 655 g/mol. The second-order valence-corrected chi connectivity index (χ2v) is 13.3. The molecular weight excluding hydrogens is 624 g/mol. The number of benzene rings is 1. The van der Waals surface area contributed by atoms with Crippen LogP contribution in [0.25, 0.3) is 5.52 Å². The fourth-order valence-corrected chi connectivity index (χ4v) is 7.07. The van der Waals surface area contributed by atoms with E-state index < -0.39 is 43.0 Å². The number of hydrogen-bond acceptors (Lipinski definition) is 11. The second-order valence-electron chi connectivity index (χ2n) is 10.1. The minimum atomic E-state index is -4.07. The summed E-state index contributed by atoms with van der Waals surface area (Å²) < 4.78 is 46.2. The summed E-state index contributed by atoms with van der Waals surface area (Å²) in [5, 5.41) is 14.9. The van der Waals surface area contributed by atoms with Crippen molar-refractivity contribution in [1.29, 1.82) is 0 Å². The van der Waals surface area contributed by atoms with Crippen LogP contribution >= 0.6 is 23.5 Å². The highest BCUT2D eigenvalue weighted by atomic mass is 79.9. The minimum absolute atomic E-state index is 0.0246. The first-order valence-corrected chi connectivity index (χ1v) is 15.4. The van der Waals surface area contributed by atoms with Crippen molar-refractivity contribution < 1.29 is 37.4 Å². The van der Waals surface area contributed by atoms with Gasteiger partial charge in [-0.15, -0.1) is 5.10 Å². The Balaban J connectivity index is 1.58. The molecule has 2 unspecified atom stereocenters. The third kappa shape index (κ3) is 6.78. The number of alkyl halides is 2. The van der Waals surface area contributed by atoms with Crippen molar-refractivity contribution in [1.82, 2.24) is 14.6 Å². The number of rotatable bonds is 12. The number of anilines is 2. The lowest BCUT2D eigenvalue weighted by molar-refractivity contribution is -0.120. The van der Waals surface area contributed by atoms with Gasteiger partial charge in [-0.1, -0.05) is 25.1 Å².